The number of hydrogen-bond donors (Lipinski definition) is 5. The molecule has 13 aromatic rings. The van der Waals surface area contributed by atoms with Crippen molar-refractivity contribution in [2.45, 2.75) is 332 Å². The molecule has 1 unspecified atom stereocenters. The van der Waals surface area contributed by atoms with Gasteiger partial charge >= 0.3 is 5.97 Å². The van der Waals surface area contributed by atoms with Gasteiger partial charge in [-0.25, -0.2) is 34.7 Å². The van der Waals surface area contributed by atoms with Gasteiger partial charge in [0.2, 0.25) is 16.8 Å². The number of carboxylic acid groups (broad SMARTS) is 1. The van der Waals surface area contributed by atoms with Crippen molar-refractivity contribution in [2.75, 3.05) is 76.3 Å². The van der Waals surface area contributed by atoms with Crippen LogP contribution in [0.25, 0.3) is 65.5 Å². The molecule has 11 heterocycles. The van der Waals surface area contributed by atoms with E-state index < -0.39 is 5.97 Å². The first kappa shape index (κ1) is 119. The second-order valence-electron chi connectivity index (χ2n) is 45.8. The molecule has 17 rings (SSSR count). The van der Waals surface area contributed by atoms with Gasteiger partial charge < -0.3 is 61.0 Å². The summed E-state index contributed by atoms with van der Waals surface area (Å²) in [6, 6.07) is 41.5. The van der Waals surface area contributed by atoms with E-state index >= 15 is 0 Å². The second kappa shape index (κ2) is 51.4. The minimum atomic E-state index is -1.12. The summed E-state index contributed by atoms with van der Waals surface area (Å²) in [5.41, 5.74) is 27.4. The number of nitrogens with zero attached hydrogens (tertiary/aromatic N) is 16. The SMILES string of the molecule is CC(=O)c1cc(SC(C)(C)C)cc2cccnc12.CC(=O)c1cncc(OC(C)(C)C)c1.CC(C)(C)Sc1ccc2c(N3CC[C@@H](N)C3)nc(C(=O)O)nc2c1.CC(C)(C)Sc1ccc2cc3c([n+]([O-])c2c1)CCCC3.CN(C)CCCn1cc(C#N)c(=O)c2cc(SC(C)(C)C)ccc21.Cc1nc(N2CCC(N)CC2)c2ccc(SC(C)(C)C)cc2n1.Cc1nc2cc(SC(C)(C)C)cnc2c(=N)n1CCCN1CCC(N)C1. The maximum absolute atomic E-state index is 12.6. The molecule has 4 aliphatic rings. The first-order valence-electron chi connectivity index (χ1n) is 51.5. The highest BCUT2D eigenvalue weighted by Crippen LogP contribution is 2.42. The summed E-state index contributed by atoms with van der Waals surface area (Å²) in [6.07, 6.45) is 18.7. The van der Waals surface area contributed by atoms with Gasteiger partial charge in [0.1, 0.15) is 51.8 Å². The van der Waals surface area contributed by atoms with Gasteiger partial charge in [-0.2, -0.15) is 9.99 Å². The number of Topliss-reactive ketones (excluding diaryl/α,β-unsaturated/α-hetero) is 2. The number of benzene rings is 5. The summed E-state index contributed by atoms with van der Waals surface area (Å²) in [6.45, 7) is 61.2. The van der Waals surface area contributed by atoms with Crippen LogP contribution in [0.4, 0.5) is 11.6 Å². The van der Waals surface area contributed by atoms with E-state index in [0.717, 1.165) is 209 Å². The Morgan fingerprint density at radius 2 is 1.10 bits per heavy atom. The van der Waals surface area contributed by atoms with Crippen molar-refractivity contribution in [2.24, 2.45) is 17.2 Å². The number of nitrogens with one attached hydrogen (secondary N) is 1. The first-order valence-corrected chi connectivity index (χ1v) is 56.4. The Kier molecular flexibility index (Phi) is 41.0. The van der Waals surface area contributed by atoms with Crippen LogP contribution in [0.5, 0.6) is 5.75 Å². The van der Waals surface area contributed by atoms with Crippen molar-refractivity contribution in [3.63, 3.8) is 0 Å². The van der Waals surface area contributed by atoms with E-state index in [2.05, 4.69) is 229 Å². The largest absolute Gasteiger partial charge is 0.618 e. The van der Waals surface area contributed by atoms with E-state index in [-0.39, 0.29) is 68.5 Å². The number of carbonyl (C=O) groups is 3. The molecule has 0 saturated carbocycles. The number of pyridine rings is 5. The third-order valence-electron chi connectivity index (χ3n) is 23.7. The Balaban J connectivity index is 0.000000166. The summed E-state index contributed by atoms with van der Waals surface area (Å²) >= 11 is 10.7. The molecule has 798 valence electrons. The number of aromatic carboxylic acids is 1. The molecule has 3 saturated heterocycles. The molecule has 2 atom stereocenters. The van der Waals surface area contributed by atoms with Gasteiger partial charge in [0.15, 0.2) is 22.7 Å². The van der Waals surface area contributed by atoms with Gasteiger partial charge in [-0.05, 0) is 243 Å². The van der Waals surface area contributed by atoms with E-state index in [1.807, 2.05) is 148 Å². The van der Waals surface area contributed by atoms with Crippen LogP contribution in [0, 0.1) is 35.8 Å². The number of nitriles is 1. The van der Waals surface area contributed by atoms with E-state index in [1.54, 1.807) is 78.6 Å². The van der Waals surface area contributed by atoms with Gasteiger partial charge in [0, 0.05) is 203 Å². The van der Waals surface area contributed by atoms with Gasteiger partial charge in [-0.15, -0.1) is 70.6 Å². The predicted octanol–water partition coefficient (Wildman–Crippen LogP) is 23.8. The molecule has 0 spiro atoms. The minimum Gasteiger partial charge on any atom is -0.618 e. The Labute approximate surface area is 906 Å². The van der Waals surface area contributed by atoms with Crippen molar-refractivity contribution < 1.29 is 29.0 Å². The predicted molar refractivity (Wildman–Crippen MR) is 622 cm³/mol. The maximum Gasteiger partial charge on any atom is 0.374 e. The Morgan fingerprint density at radius 3 is 1.67 bits per heavy atom. The van der Waals surface area contributed by atoms with Crippen LogP contribution in [-0.4, -0.2) is 200 Å². The average Bonchev–Trinajstić information content (AvgIpc) is 1.63. The van der Waals surface area contributed by atoms with Crippen molar-refractivity contribution in [1.29, 1.82) is 10.7 Å². The number of fused-ring (bicyclic) bond motifs is 7. The van der Waals surface area contributed by atoms with Crippen molar-refractivity contribution in [3.8, 4) is 11.8 Å². The number of hydrogen-bond acceptors (Lipinski definition) is 29. The van der Waals surface area contributed by atoms with E-state index in [1.165, 1.54) is 39.6 Å². The lowest BCUT2D eigenvalue weighted by atomic mass is 9.94. The van der Waals surface area contributed by atoms with Crippen LogP contribution < -0.4 is 47.4 Å². The highest BCUT2D eigenvalue weighted by atomic mass is 32.2. The molecule has 33 heteroatoms. The topological polar surface area (TPSA) is 376 Å². The zero-order valence-corrected chi connectivity index (χ0v) is 97.4. The molecule has 8 N–H and O–H groups in total. The van der Waals surface area contributed by atoms with Crippen LogP contribution in [-0.2, 0) is 25.9 Å². The summed E-state index contributed by atoms with van der Waals surface area (Å²) in [5, 5.41) is 44.5. The molecule has 5 aromatic carbocycles. The fourth-order valence-electron chi connectivity index (χ4n) is 17.6. The fourth-order valence-corrected chi connectivity index (χ4v) is 23.7. The molecular formula is C116H156N20O7S6. The van der Waals surface area contributed by atoms with Crippen molar-refractivity contribution in [3.05, 3.63) is 213 Å². The molecule has 0 radical (unpaired) electrons. The van der Waals surface area contributed by atoms with Crippen molar-refractivity contribution in [1.82, 2.24) is 58.8 Å². The Hall–Kier alpha value is -10.4. The standard InChI is InChI=1S/C19H30N6S.C19H25N3OS.C18H26N4S.C17H22N4O2S.C17H21NOS.C15H17NOS.C11H15NO2/c1-13-23-16-10-15(26-19(2,3)4)11-22-17(16)18(21)25(13)8-5-7-24-9-6-14(20)12-24;1-19(2,3)24-15-7-8-17-16(11-15)18(23)14(12-20)13-22(17)10-6-9-21(4)5;1-12-20-16-11-14(23-18(2,3)4)5-6-15(16)17(21-12)22-9-7-13(19)8-10-22;1-17(2,3)24-11-4-5-12-13(8-11)19-14(16(22)23)20-15(12)21-7-6-10(18)9-21;1-17(2,3)20-14-9-8-13-10-12-6-4-5-7-15(12)18(19)16(13)11-14;1-10(17)13-9-12(18-15(2,3)4)8-11-6-5-7-16-14(11)13;1-8(13)9-5-10(7-12-6-9)14-11(2,3)4/h10-11,14,21H,5-9,12,20H2,1-4H3;7-8,11,13H,6,9-10H2,1-5H3;5-6,11,13H,7-10,19H2,1-4H3;4-5,8,10H,6-7,9,18H2,1-3H3,(H,22,23);8-11H,4-7H2,1-3H3;5-9H,1-4H3;5-7H,1-4H3/t;;;10-;;;/m...1.../s1. The molecule has 27 nitrogen and oxygen atoms in total. The molecule has 1 aliphatic carbocycles. The van der Waals surface area contributed by atoms with Crippen LogP contribution >= 0.6 is 70.6 Å². The number of likely N-dealkylation sites (tertiary alicyclic amines) is 1. The Bertz CT molecular complexity index is 7080. The summed E-state index contributed by atoms with van der Waals surface area (Å²) in [5.74, 6) is 2.84. The van der Waals surface area contributed by atoms with Gasteiger partial charge in [0.05, 0.1) is 33.8 Å². The van der Waals surface area contributed by atoms with Crippen LogP contribution in [0.3, 0.4) is 0 Å². The molecule has 0 amide bonds. The number of ether oxygens (including phenoxy) is 1. The lowest BCUT2D eigenvalue weighted by Crippen LogP contribution is -2.40. The molecule has 149 heavy (non-hydrogen) atoms. The first-order chi connectivity index (χ1) is 69.7. The number of anilines is 2. The molecule has 3 aliphatic heterocycles. The maximum atomic E-state index is 12.6. The minimum absolute atomic E-state index is 0.00291. The van der Waals surface area contributed by atoms with Gasteiger partial charge in [-0.3, -0.25) is 29.8 Å². The lowest BCUT2D eigenvalue weighted by molar-refractivity contribution is -0.587. The summed E-state index contributed by atoms with van der Waals surface area (Å²) in [7, 11) is 4.08. The molecular weight excluding hydrogens is 1980 g/mol. The lowest BCUT2D eigenvalue weighted by Gasteiger charge is -2.32. The monoisotopic (exact) mass is 2130 g/mol. The zero-order valence-electron chi connectivity index (χ0n) is 92.5. The third-order valence-corrected chi connectivity index (χ3v) is 30.3. The number of aromatic nitrogens is 11. The van der Waals surface area contributed by atoms with Crippen molar-refractivity contribution >= 4 is 165 Å². The quantitative estimate of drug-likeness (QED) is 0.0205. The number of nitrogens with two attached hydrogens (primary N) is 3. The number of carbonyl (C=O) groups excluding carboxylic acids is 2. The average molecular weight is 2140 g/mol. The van der Waals surface area contributed by atoms with Gasteiger partial charge in [-0.1, -0.05) is 131 Å². The number of piperidine rings is 1. The second-order valence-corrected chi connectivity index (χ2v) is 57.2. The number of ketones is 2. The van der Waals surface area contributed by atoms with E-state index in [0.29, 0.717) is 63.2 Å². The van der Waals surface area contributed by atoms with E-state index in [9.17, 15) is 34.8 Å². The fraction of sp³-hybridized carbons (Fsp3) is 0.491. The molecule has 3 fully saturated rings. The number of aryl methyl sites for hydroxylation is 4. The number of carboxylic acids is 1. The van der Waals surface area contributed by atoms with E-state index in [4.69, 9.17) is 37.3 Å². The normalized spacial score (nSPS) is 15.3. The highest BCUT2D eigenvalue weighted by molar-refractivity contribution is 8.01. The Morgan fingerprint density at radius 1 is 0.550 bits per heavy atom. The number of thioether (sulfide) groups is 6. The van der Waals surface area contributed by atoms with Crippen LogP contribution in [0.15, 0.2) is 180 Å². The van der Waals surface area contributed by atoms with Crippen LogP contribution in [0.1, 0.15) is 270 Å². The third kappa shape index (κ3) is 36.4. The smallest absolute Gasteiger partial charge is 0.374 e. The summed E-state index contributed by atoms with van der Waals surface area (Å²) in [4.78, 5) is 97.9. The van der Waals surface area contributed by atoms with Crippen LogP contribution in [0.2, 0.25) is 0 Å². The molecule has 8 aromatic heterocycles. The number of rotatable bonds is 20. The zero-order chi connectivity index (χ0) is 109. The highest BCUT2D eigenvalue weighted by Gasteiger charge is 2.30. The summed E-state index contributed by atoms with van der Waals surface area (Å²) < 4.78 is 11.5. The van der Waals surface area contributed by atoms with Gasteiger partial charge in [0.25, 0.3) is 0 Å². The molecule has 0 bridgehead atoms.